The molecule has 1 aromatic rings. The third-order valence-corrected chi connectivity index (χ3v) is 3.51. The Bertz CT molecular complexity index is 454. The molecule has 1 unspecified atom stereocenters. The van der Waals surface area contributed by atoms with Crippen molar-refractivity contribution in [1.82, 2.24) is 5.32 Å². The molecule has 0 heterocycles. The van der Waals surface area contributed by atoms with Gasteiger partial charge in [0.1, 0.15) is 0 Å². The van der Waals surface area contributed by atoms with Crippen LogP contribution in [0.15, 0.2) is 36.4 Å². The van der Waals surface area contributed by atoms with Gasteiger partial charge in [0.25, 0.3) is 0 Å². The number of hydrogen-bond donors (Lipinski definition) is 1. The SMILES string of the molecule is COCc1ccccc1CNC(=O)C1CC=CCC1. The topological polar surface area (TPSA) is 38.3 Å². The van der Waals surface area contributed by atoms with Crippen LogP contribution in [0.2, 0.25) is 0 Å². The van der Waals surface area contributed by atoms with E-state index < -0.39 is 0 Å². The van der Waals surface area contributed by atoms with Crippen molar-refractivity contribution in [2.45, 2.75) is 32.4 Å². The zero-order valence-corrected chi connectivity index (χ0v) is 11.4. The second-order valence-electron chi connectivity index (χ2n) is 4.90. The van der Waals surface area contributed by atoms with Crippen molar-refractivity contribution in [2.24, 2.45) is 5.92 Å². The Balaban J connectivity index is 1.91. The summed E-state index contributed by atoms with van der Waals surface area (Å²) in [7, 11) is 1.68. The molecule has 0 aliphatic heterocycles. The van der Waals surface area contributed by atoms with Crippen molar-refractivity contribution in [3.63, 3.8) is 0 Å². The standard InChI is InChI=1S/C16H21NO2/c1-19-12-15-10-6-5-9-14(15)11-17-16(18)13-7-3-2-4-8-13/h2-3,5-6,9-10,13H,4,7-8,11-12H2,1H3,(H,17,18). The number of allylic oxidation sites excluding steroid dienone is 2. The Morgan fingerprint density at radius 3 is 2.79 bits per heavy atom. The summed E-state index contributed by atoms with van der Waals surface area (Å²) in [4.78, 5) is 12.1. The molecule has 102 valence electrons. The van der Waals surface area contributed by atoms with Gasteiger partial charge in [0.15, 0.2) is 0 Å². The van der Waals surface area contributed by atoms with Crippen LogP contribution >= 0.6 is 0 Å². The van der Waals surface area contributed by atoms with Crippen molar-refractivity contribution >= 4 is 5.91 Å². The van der Waals surface area contributed by atoms with Crippen LogP contribution in [0, 0.1) is 5.92 Å². The Morgan fingerprint density at radius 2 is 2.11 bits per heavy atom. The van der Waals surface area contributed by atoms with Gasteiger partial charge in [-0.05, 0) is 30.4 Å². The highest BCUT2D eigenvalue weighted by Gasteiger charge is 2.18. The molecular formula is C16H21NO2. The zero-order chi connectivity index (χ0) is 13.5. The highest BCUT2D eigenvalue weighted by molar-refractivity contribution is 5.79. The van der Waals surface area contributed by atoms with E-state index in [0.717, 1.165) is 30.4 Å². The zero-order valence-electron chi connectivity index (χ0n) is 11.4. The third kappa shape index (κ3) is 3.93. The summed E-state index contributed by atoms with van der Waals surface area (Å²) in [5, 5.41) is 3.04. The predicted molar refractivity (Wildman–Crippen MR) is 75.5 cm³/mol. The first-order valence-corrected chi connectivity index (χ1v) is 6.79. The minimum Gasteiger partial charge on any atom is -0.380 e. The molecule has 0 spiro atoms. The van der Waals surface area contributed by atoms with Crippen molar-refractivity contribution < 1.29 is 9.53 Å². The van der Waals surface area contributed by atoms with Crippen molar-refractivity contribution in [3.8, 4) is 0 Å². The van der Waals surface area contributed by atoms with Gasteiger partial charge in [-0.3, -0.25) is 4.79 Å². The van der Waals surface area contributed by atoms with Gasteiger partial charge in [0.05, 0.1) is 6.61 Å². The molecule has 1 aliphatic rings. The summed E-state index contributed by atoms with van der Waals surface area (Å²) < 4.78 is 5.17. The minimum atomic E-state index is 0.139. The maximum Gasteiger partial charge on any atom is 0.223 e. The van der Waals surface area contributed by atoms with Gasteiger partial charge in [0.2, 0.25) is 5.91 Å². The summed E-state index contributed by atoms with van der Waals surface area (Å²) >= 11 is 0. The van der Waals surface area contributed by atoms with Gasteiger partial charge in [-0.15, -0.1) is 0 Å². The van der Waals surface area contributed by atoms with Gasteiger partial charge in [0, 0.05) is 19.6 Å². The molecule has 2 rings (SSSR count). The van der Waals surface area contributed by atoms with Crippen LogP contribution < -0.4 is 5.32 Å². The summed E-state index contributed by atoms with van der Waals surface area (Å²) in [6, 6.07) is 8.05. The van der Waals surface area contributed by atoms with Crippen LogP contribution in [0.25, 0.3) is 0 Å². The van der Waals surface area contributed by atoms with Gasteiger partial charge in [-0.25, -0.2) is 0 Å². The Labute approximate surface area is 114 Å². The molecule has 0 fully saturated rings. The first kappa shape index (κ1) is 13.8. The van der Waals surface area contributed by atoms with Crippen LogP contribution in [0.4, 0.5) is 0 Å². The molecular weight excluding hydrogens is 238 g/mol. The largest absolute Gasteiger partial charge is 0.380 e. The van der Waals surface area contributed by atoms with E-state index in [-0.39, 0.29) is 11.8 Å². The van der Waals surface area contributed by atoms with Crippen molar-refractivity contribution in [2.75, 3.05) is 7.11 Å². The molecule has 1 aliphatic carbocycles. The molecule has 3 heteroatoms. The van der Waals surface area contributed by atoms with Crippen LogP contribution in [0.5, 0.6) is 0 Å². The van der Waals surface area contributed by atoms with E-state index in [2.05, 4.69) is 17.5 Å². The highest BCUT2D eigenvalue weighted by atomic mass is 16.5. The number of ether oxygens (including phenoxy) is 1. The van der Waals surface area contributed by atoms with Crippen LogP contribution in [0.3, 0.4) is 0 Å². The van der Waals surface area contributed by atoms with E-state index in [1.54, 1.807) is 7.11 Å². The van der Waals surface area contributed by atoms with E-state index in [1.165, 1.54) is 0 Å². The number of amides is 1. The lowest BCUT2D eigenvalue weighted by atomic mass is 9.93. The number of nitrogens with one attached hydrogen (secondary N) is 1. The molecule has 3 nitrogen and oxygen atoms in total. The molecule has 0 aromatic heterocycles. The normalized spacial score (nSPS) is 18.3. The maximum absolute atomic E-state index is 12.1. The molecule has 19 heavy (non-hydrogen) atoms. The lowest BCUT2D eigenvalue weighted by Gasteiger charge is -2.18. The number of hydrogen-bond acceptors (Lipinski definition) is 2. The van der Waals surface area contributed by atoms with E-state index in [0.29, 0.717) is 13.2 Å². The fourth-order valence-corrected chi connectivity index (χ4v) is 2.38. The smallest absolute Gasteiger partial charge is 0.223 e. The number of carbonyl (C=O) groups is 1. The Morgan fingerprint density at radius 1 is 1.32 bits per heavy atom. The maximum atomic E-state index is 12.1. The first-order valence-electron chi connectivity index (χ1n) is 6.79. The number of carbonyl (C=O) groups excluding carboxylic acids is 1. The molecule has 0 radical (unpaired) electrons. The fraction of sp³-hybridized carbons (Fsp3) is 0.438. The Hall–Kier alpha value is -1.61. The molecule has 0 bridgehead atoms. The lowest BCUT2D eigenvalue weighted by molar-refractivity contribution is -0.125. The quantitative estimate of drug-likeness (QED) is 0.826. The number of benzene rings is 1. The van der Waals surface area contributed by atoms with Gasteiger partial charge in [-0.2, -0.15) is 0 Å². The van der Waals surface area contributed by atoms with Gasteiger partial charge < -0.3 is 10.1 Å². The fourth-order valence-electron chi connectivity index (χ4n) is 2.38. The summed E-state index contributed by atoms with van der Waals surface area (Å²) in [5.41, 5.74) is 2.26. The molecule has 1 amide bonds. The van der Waals surface area contributed by atoms with Crippen molar-refractivity contribution in [1.29, 1.82) is 0 Å². The number of methoxy groups -OCH3 is 1. The molecule has 0 saturated heterocycles. The van der Waals surface area contributed by atoms with E-state index in [9.17, 15) is 4.79 Å². The molecule has 1 N–H and O–H groups in total. The Kier molecular flexibility index (Phi) is 5.16. The second kappa shape index (κ2) is 7.10. The summed E-state index contributed by atoms with van der Waals surface area (Å²) in [6.45, 7) is 1.16. The van der Waals surface area contributed by atoms with Crippen LogP contribution in [-0.4, -0.2) is 13.0 Å². The van der Waals surface area contributed by atoms with E-state index in [4.69, 9.17) is 4.74 Å². The average molecular weight is 259 g/mol. The van der Waals surface area contributed by atoms with Crippen molar-refractivity contribution in [3.05, 3.63) is 47.5 Å². The minimum absolute atomic E-state index is 0.139. The predicted octanol–water partition coefficient (Wildman–Crippen LogP) is 2.81. The summed E-state index contributed by atoms with van der Waals surface area (Å²) in [5.74, 6) is 0.302. The van der Waals surface area contributed by atoms with Gasteiger partial charge in [-0.1, -0.05) is 36.4 Å². The van der Waals surface area contributed by atoms with E-state index >= 15 is 0 Å². The first-order chi connectivity index (χ1) is 9.31. The molecule has 1 atom stereocenters. The van der Waals surface area contributed by atoms with Crippen LogP contribution in [-0.2, 0) is 22.7 Å². The lowest BCUT2D eigenvalue weighted by Crippen LogP contribution is -2.31. The summed E-state index contributed by atoms with van der Waals surface area (Å²) in [6.07, 6.45) is 7.09. The van der Waals surface area contributed by atoms with E-state index in [1.807, 2.05) is 24.3 Å². The monoisotopic (exact) mass is 259 g/mol. The second-order valence-corrected chi connectivity index (χ2v) is 4.90. The molecule has 1 aromatic carbocycles. The third-order valence-electron chi connectivity index (χ3n) is 3.51. The van der Waals surface area contributed by atoms with Gasteiger partial charge >= 0.3 is 0 Å². The van der Waals surface area contributed by atoms with Crippen LogP contribution in [0.1, 0.15) is 30.4 Å². The highest BCUT2D eigenvalue weighted by Crippen LogP contribution is 2.18. The molecule has 0 saturated carbocycles. The average Bonchev–Trinajstić information content (AvgIpc) is 2.47. The number of rotatable bonds is 5.